The number of anilines is 1. The van der Waals surface area contributed by atoms with E-state index in [4.69, 9.17) is 10.5 Å². The van der Waals surface area contributed by atoms with E-state index in [1.165, 1.54) is 10.9 Å². The Hall–Kier alpha value is -3.63. The maximum absolute atomic E-state index is 12.8. The van der Waals surface area contributed by atoms with Gasteiger partial charge in [0, 0.05) is 12.2 Å². The largest absolute Gasteiger partial charge is 0.312 e. The number of aromatic nitrogens is 2. The molecule has 0 bridgehead atoms. The number of hydrogen-bond donors (Lipinski definition) is 0. The quantitative estimate of drug-likeness (QED) is 0.833. The van der Waals surface area contributed by atoms with Crippen LogP contribution in [0.3, 0.4) is 0 Å². The average molecular weight is 332 g/mol. The van der Waals surface area contributed by atoms with E-state index in [9.17, 15) is 10.1 Å². The molecule has 0 spiro atoms. The summed E-state index contributed by atoms with van der Waals surface area (Å²) in [7, 11) is 0. The fraction of sp³-hybridized carbons (Fsp3) is 0.278. The van der Waals surface area contributed by atoms with Crippen LogP contribution in [0.2, 0.25) is 0 Å². The molecule has 0 fully saturated rings. The van der Waals surface area contributed by atoms with E-state index in [1.807, 2.05) is 50.3 Å². The van der Waals surface area contributed by atoms with Gasteiger partial charge in [-0.3, -0.25) is 4.79 Å². The Bertz CT molecular complexity index is 923. The van der Waals surface area contributed by atoms with Gasteiger partial charge in [-0.2, -0.15) is 15.8 Å². The van der Waals surface area contributed by atoms with Gasteiger partial charge in [0.2, 0.25) is 5.91 Å². The van der Waals surface area contributed by atoms with Crippen molar-refractivity contribution < 1.29 is 4.79 Å². The number of nitriles is 3. The lowest BCUT2D eigenvalue weighted by molar-refractivity contribution is -0.119. The summed E-state index contributed by atoms with van der Waals surface area (Å²) in [6, 6.07) is 11.4. The Kier molecular flexibility index (Phi) is 5.50. The molecule has 7 heteroatoms. The molecule has 2 aromatic rings. The van der Waals surface area contributed by atoms with Crippen molar-refractivity contribution in [3.8, 4) is 18.2 Å². The first-order chi connectivity index (χ1) is 12.0. The van der Waals surface area contributed by atoms with E-state index in [2.05, 4.69) is 4.98 Å². The monoisotopic (exact) mass is 332 g/mol. The third-order valence-corrected chi connectivity index (χ3v) is 3.97. The first kappa shape index (κ1) is 17.7. The first-order valence-electron chi connectivity index (χ1n) is 7.62. The van der Waals surface area contributed by atoms with Crippen LogP contribution < -0.4 is 4.90 Å². The molecule has 0 saturated heterocycles. The average Bonchev–Trinajstić information content (AvgIpc) is 3.00. The van der Waals surface area contributed by atoms with Gasteiger partial charge in [-0.15, -0.1) is 0 Å². The molecule has 1 amide bonds. The van der Waals surface area contributed by atoms with Gasteiger partial charge in [0.15, 0.2) is 11.4 Å². The van der Waals surface area contributed by atoms with E-state index < -0.39 is 0 Å². The molecule has 1 aromatic carbocycles. The van der Waals surface area contributed by atoms with Crippen molar-refractivity contribution in [3.05, 3.63) is 47.0 Å². The lowest BCUT2D eigenvalue weighted by Crippen LogP contribution is -2.35. The van der Waals surface area contributed by atoms with E-state index >= 15 is 0 Å². The number of hydrogen-bond acceptors (Lipinski definition) is 5. The van der Waals surface area contributed by atoms with Crippen LogP contribution in [0.4, 0.5) is 5.69 Å². The van der Waals surface area contributed by atoms with Gasteiger partial charge in [0.05, 0.1) is 18.8 Å². The predicted octanol–water partition coefficient (Wildman–Crippen LogP) is 2.19. The van der Waals surface area contributed by atoms with Gasteiger partial charge in [0.25, 0.3) is 0 Å². The minimum absolute atomic E-state index is 0.00869. The second-order valence-corrected chi connectivity index (χ2v) is 5.47. The lowest BCUT2D eigenvalue weighted by Gasteiger charge is -2.24. The summed E-state index contributed by atoms with van der Waals surface area (Å²) in [6.07, 6.45) is 1.50. The zero-order valence-corrected chi connectivity index (χ0v) is 14.0. The second-order valence-electron chi connectivity index (χ2n) is 5.47. The van der Waals surface area contributed by atoms with Gasteiger partial charge in [-0.25, -0.2) is 4.98 Å². The minimum atomic E-state index is -0.276. The van der Waals surface area contributed by atoms with Gasteiger partial charge in [0.1, 0.15) is 18.7 Å². The highest BCUT2D eigenvalue weighted by Gasteiger charge is 2.20. The molecule has 0 aliphatic carbocycles. The van der Waals surface area contributed by atoms with E-state index in [1.54, 1.807) is 4.90 Å². The molecule has 0 aliphatic heterocycles. The lowest BCUT2D eigenvalue weighted by atomic mass is 10.1. The molecule has 0 saturated carbocycles. The van der Waals surface area contributed by atoms with Crippen molar-refractivity contribution in [2.75, 3.05) is 11.4 Å². The van der Waals surface area contributed by atoms with Crippen LogP contribution >= 0.6 is 0 Å². The highest BCUT2D eigenvalue weighted by Crippen LogP contribution is 2.23. The zero-order valence-electron chi connectivity index (χ0n) is 14.0. The second kappa shape index (κ2) is 7.77. The van der Waals surface area contributed by atoms with Crippen LogP contribution in [0.15, 0.2) is 24.5 Å². The normalized spacial score (nSPS) is 9.72. The molecule has 0 radical (unpaired) electrons. The number of amides is 1. The fourth-order valence-electron chi connectivity index (χ4n) is 2.50. The summed E-state index contributed by atoms with van der Waals surface area (Å²) in [5, 5.41) is 27.0. The smallest absolute Gasteiger partial charge is 0.247 e. The summed E-state index contributed by atoms with van der Waals surface area (Å²) in [5.74, 6) is -0.276. The fourth-order valence-corrected chi connectivity index (χ4v) is 2.50. The molecule has 0 unspecified atom stereocenters. The number of rotatable bonds is 5. The topological polar surface area (TPSA) is 110 Å². The van der Waals surface area contributed by atoms with Crippen LogP contribution in [0.25, 0.3) is 0 Å². The zero-order chi connectivity index (χ0) is 18.4. The Labute approximate surface area is 146 Å². The highest BCUT2D eigenvalue weighted by molar-refractivity contribution is 5.94. The van der Waals surface area contributed by atoms with Gasteiger partial charge in [-0.1, -0.05) is 12.1 Å². The number of nitrogens with zero attached hydrogens (tertiary/aromatic N) is 6. The molecule has 124 valence electrons. The molecular weight excluding hydrogens is 316 g/mol. The summed E-state index contributed by atoms with van der Waals surface area (Å²) < 4.78 is 1.35. The third-order valence-electron chi connectivity index (χ3n) is 3.97. The summed E-state index contributed by atoms with van der Waals surface area (Å²) in [6.45, 7) is 4.00. The first-order valence-corrected chi connectivity index (χ1v) is 7.62. The van der Waals surface area contributed by atoms with Crippen molar-refractivity contribution in [2.45, 2.75) is 26.8 Å². The van der Waals surface area contributed by atoms with Crippen LogP contribution in [0.5, 0.6) is 0 Å². The van der Waals surface area contributed by atoms with Crippen molar-refractivity contribution in [1.29, 1.82) is 15.8 Å². The molecule has 0 aliphatic rings. The van der Waals surface area contributed by atoms with E-state index in [0.29, 0.717) is 0 Å². The maximum atomic E-state index is 12.8. The molecular formula is C18H16N6O. The Balaban J connectivity index is 2.36. The molecule has 1 aromatic heterocycles. The molecule has 0 N–H and O–H groups in total. The van der Waals surface area contributed by atoms with Gasteiger partial charge in [-0.05, 0) is 31.0 Å². The van der Waals surface area contributed by atoms with Crippen molar-refractivity contribution in [2.24, 2.45) is 0 Å². The molecule has 25 heavy (non-hydrogen) atoms. The standard InChI is InChI=1S/C18H16N6O/c1-13-5-3-6-16(14(13)2)24(8-4-7-19)18(25)11-23-12-22-15(9-20)17(23)10-21/h3,5-6,12H,4,8,11H2,1-2H3. The summed E-state index contributed by atoms with van der Waals surface area (Å²) in [5.41, 5.74) is 2.78. The summed E-state index contributed by atoms with van der Waals surface area (Å²) in [4.78, 5) is 18.2. The SMILES string of the molecule is Cc1cccc(N(CCC#N)C(=O)Cn2cnc(C#N)c2C#N)c1C. The van der Waals surface area contributed by atoms with Crippen molar-refractivity contribution in [1.82, 2.24) is 9.55 Å². The van der Waals surface area contributed by atoms with Gasteiger partial charge < -0.3 is 9.47 Å². The number of imidazole rings is 1. The van der Waals surface area contributed by atoms with Crippen LogP contribution in [-0.2, 0) is 11.3 Å². The minimum Gasteiger partial charge on any atom is -0.312 e. The molecule has 1 heterocycles. The van der Waals surface area contributed by atoms with Crippen LogP contribution in [-0.4, -0.2) is 22.0 Å². The molecule has 7 nitrogen and oxygen atoms in total. The number of aryl methyl sites for hydroxylation is 1. The summed E-state index contributed by atoms with van der Waals surface area (Å²) >= 11 is 0. The van der Waals surface area contributed by atoms with Crippen LogP contribution in [0.1, 0.15) is 28.9 Å². The Morgan fingerprint density at radius 3 is 2.64 bits per heavy atom. The number of carbonyl (C=O) groups excluding carboxylic acids is 1. The maximum Gasteiger partial charge on any atom is 0.247 e. The Morgan fingerprint density at radius 1 is 1.24 bits per heavy atom. The van der Waals surface area contributed by atoms with Crippen LogP contribution in [0, 0.1) is 47.8 Å². The number of carbonyl (C=O) groups is 1. The molecule has 2 rings (SSSR count). The Morgan fingerprint density at radius 2 is 2.00 bits per heavy atom. The molecule has 0 atom stereocenters. The van der Waals surface area contributed by atoms with E-state index in [-0.39, 0.29) is 36.8 Å². The third kappa shape index (κ3) is 3.65. The van der Waals surface area contributed by atoms with Crippen molar-refractivity contribution >= 4 is 11.6 Å². The highest BCUT2D eigenvalue weighted by atomic mass is 16.2. The van der Waals surface area contributed by atoms with Crippen molar-refractivity contribution in [3.63, 3.8) is 0 Å². The predicted molar refractivity (Wildman–Crippen MR) is 90.2 cm³/mol. The number of benzene rings is 1. The van der Waals surface area contributed by atoms with E-state index in [0.717, 1.165) is 16.8 Å². The van der Waals surface area contributed by atoms with Gasteiger partial charge >= 0.3 is 0 Å².